The SMILES string of the molecule is C=C[C@@]1(C)COC2(CCCCC2)O[C@@H]1COCc1ccccc1. The van der Waals surface area contributed by atoms with Crippen molar-refractivity contribution in [3.8, 4) is 0 Å². The van der Waals surface area contributed by atoms with E-state index < -0.39 is 0 Å². The van der Waals surface area contributed by atoms with Crippen molar-refractivity contribution in [2.75, 3.05) is 13.2 Å². The van der Waals surface area contributed by atoms with Gasteiger partial charge in [0.15, 0.2) is 5.79 Å². The first kappa shape index (κ1) is 16.7. The minimum Gasteiger partial charge on any atom is -0.374 e. The Labute approximate surface area is 139 Å². The van der Waals surface area contributed by atoms with E-state index in [9.17, 15) is 0 Å². The van der Waals surface area contributed by atoms with E-state index in [-0.39, 0.29) is 17.3 Å². The molecule has 0 N–H and O–H groups in total. The van der Waals surface area contributed by atoms with Crippen molar-refractivity contribution in [1.29, 1.82) is 0 Å². The normalized spacial score (nSPS) is 30.2. The minimum absolute atomic E-state index is 0.00411. The lowest BCUT2D eigenvalue weighted by Gasteiger charge is -2.50. The fraction of sp³-hybridized carbons (Fsp3) is 0.600. The summed E-state index contributed by atoms with van der Waals surface area (Å²) in [5, 5.41) is 0. The zero-order chi connectivity index (χ0) is 16.2. The highest BCUT2D eigenvalue weighted by Crippen LogP contribution is 2.43. The zero-order valence-electron chi connectivity index (χ0n) is 14.1. The summed E-state index contributed by atoms with van der Waals surface area (Å²) in [6.07, 6.45) is 7.59. The van der Waals surface area contributed by atoms with Crippen LogP contribution in [0.5, 0.6) is 0 Å². The molecule has 1 saturated carbocycles. The first-order chi connectivity index (χ1) is 11.2. The fourth-order valence-electron chi connectivity index (χ4n) is 3.43. The summed E-state index contributed by atoms with van der Waals surface area (Å²) in [6, 6.07) is 10.3. The average Bonchev–Trinajstić information content (AvgIpc) is 2.60. The van der Waals surface area contributed by atoms with Crippen LogP contribution in [-0.4, -0.2) is 25.1 Å². The molecule has 126 valence electrons. The summed E-state index contributed by atoms with van der Waals surface area (Å²) in [5.74, 6) is -0.387. The van der Waals surface area contributed by atoms with E-state index in [4.69, 9.17) is 14.2 Å². The average molecular weight is 316 g/mol. The van der Waals surface area contributed by atoms with Crippen molar-refractivity contribution in [3.63, 3.8) is 0 Å². The molecule has 0 bridgehead atoms. The van der Waals surface area contributed by atoms with Gasteiger partial charge in [-0.2, -0.15) is 0 Å². The Bertz CT molecular complexity index is 507. The molecule has 1 spiro atoms. The molecular formula is C20H28O3. The predicted molar refractivity (Wildman–Crippen MR) is 91.0 cm³/mol. The molecule has 1 aliphatic carbocycles. The lowest BCUT2D eigenvalue weighted by Crippen LogP contribution is -2.55. The van der Waals surface area contributed by atoms with Crippen molar-refractivity contribution in [2.24, 2.45) is 5.41 Å². The maximum atomic E-state index is 6.44. The van der Waals surface area contributed by atoms with E-state index in [1.807, 2.05) is 24.3 Å². The van der Waals surface area contributed by atoms with Crippen LogP contribution in [0, 0.1) is 5.41 Å². The molecule has 1 aromatic carbocycles. The molecule has 1 aromatic rings. The van der Waals surface area contributed by atoms with E-state index >= 15 is 0 Å². The topological polar surface area (TPSA) is 27.7 Å². The summed E-state index contributed by atoms with van der Waals surface area (Å²) in [6.45, 7) is 7.98. The molecule has 1 heterocycles. The third kappa shape index (κ3) is 3.85. The second kappa shape index (κ2) is 7.16. The number of hydrogen-bond acceptors (Lipinski definition) is 3. The van der Waals surface area contributed by atoms with Crippen molar-refractivity contribution >= 4 is 0 Å². The third-order valence-electron chi connectivity index (χ3n) is 5.20. The van der Waals surface area contributed by atoms with Gasteiger partial charge in [0.25, 0.3) is 0 Å². The van der Waals surface area contributed by atoms with Crippen LogP contribution in [0.3, 0.4) is 0 Å². The Hall–Kier alpha value is -1.16. The Morgan fingerprint density at radius 1 is 1.22 bits per heavy atom. The van der Waals surface area contributed by atoms with Gasteiger partial charge in [0, 0.05) is 18.3 Å². The zero-order valence-corrected chi connectivity index (χ0v) is 14.1. The Balaban J connectivity index is 1.62. The molecule has 2 aliphatic rings. The van der Waals surface area contributed by atoms with Crippen LogP contribution in [0.1, 0.15) is 44.6 Å². The molecule has 2 atom stereocenters. The molecule has 1 aliphatic heterocycles. The molecule has 0 radical (unpaired) electrons. The molecule has 23 heavy (non-hydrogen) atoms. The van der Waals surface area contributed by atoms with E-state index in [2.05, 4.69) is 25.6 Å². The highest BCUT2D eigenvalue weighted by atomic mass is 16.7. The smallest absolute Gasteiger partial charge is 0.168 e. The van der Waals surface area contributed by atoms with Gasteiger partial charge in [-0.25, -0.2) is 0 Å². The van der Waals surface area contributed by atoms with Gasteiger partial charge in [-0.1, -0.05) is 49.8 Å². The summed E-state index contributed by atoms with van der Waals surface area (Å²) in [7, 11) is 0. The van der Waals surface area contributed by atoms with Crippen molar-refractivity contribution < 1.29 is 14.2 Å². The van der Waals surface area contributed by atoms with Gasteiger partial charge < -0.3 is 14.2 Å². The van der Waals surface area contributed by atoms with Crippen molar-refractivity contribution in [1.82, 2.24) is 0 Å². The Kier molecular flexibility index (Phi) is 5.20. The van der Waals surface area contributed by atoms with E-state index in [1.165, 1.54) is 24.8 Å². The lowest BCUT2D eigenvalue weighted by molar-refractivity contribution is -0.339. The van der Waals surface area contributed by atoms with Crippen molar-refractivity contribution in [2.45, 2.75) is 57.5 Å². The van der Waals surface area contributed by atoms with E-state index in [1.54, 1.807) is 0 Å². The summed E-state index contributed by atoms with van der Waals surface area (Å²) in [5.41, 5.74) is 0.992. The monoisotopic (exact) mass is 316 g/mol. The van der Waals surface area contributed by atoms with Crippen LogP contribution < -0.4 is 0 Å². The number of benzene rings is 1. The van der Waals surface area contributed by atoms with Crippen LogP contribution in [-0.2, 0) is 20.8 Å². The molecule has 3 rings (SSSR count). The number of rotatable bonds is 5. The standard InChI is InChI=1S/C20H28O3/c1-3-19(2)16-22-20(12-8-5-9-13-20)23-18(19)15-21-14-17-10-6-4-7-11-17/h3-4,6-7,10-11,18H,1,5,8-9,12-16H2,2H3/t18-,19+/m1/s1. The van der Waals surface area contributed by atoms with E-state index in [0.29, 0.717) is 19.8 Å². The first-order valence-electron chi connectivity index (χ1n) is 8.73. The molecule has 0 unspecified atom stereocenters. The molecular weight excluding hydrogens is 288 g/mol. The largest absolute Gasteiger partial charge is 0.374 e. The summed E-state index contributed by atoms with van der Waals surface area (Å²) < 4.78 is 18.6. The van der Waals surface area contributed by atoms with Gasteiger partial charge in [-0.15, -0.1) is 6.58 Å². The van der Waals surface area contributed by atoms with Crippen LogP contribution in [0.15, 0.2) is 43.0 Å². The van der Waals surface area contributed by atoms with E-state index in [0.717, 1.165) is 12.8 Å². The van der Waals surface area contributed by atoms with Crippen LogP contribution in [0.2, 0.25) is 0 Å². The maximum absolute atomic E-state index is 6.44. The van der Waals surface area contributed by atoms with Crippen LogP contribution in [0.25, 0.3) is 0 Å². The number of hydrogen-bond donors (Lipinski definition) is 0. The minimum atomic E-state index is -0.387. The van der Waals surface area contributed by atoms with Gasteiger partial charge >= 0.3 is 0 Å². The van der Waals surface area contributed by atoms with Gasteiger partial charge in [-0.05, 0) is 18.4 Å². The summed E-state index contributed by atoms with van der Waals surface area (Å²) >= 11 is 0. The quantitative estimate of drug-likeness (QED) is 0.750. The molecule has 0 aromatic heterocycles. The molecule has 3 nitrogen and oxygen atoms in total. The Morgan fingerprint density at radius 2 is 1.96 bits per heavy atom. The second-order valence-corrected chi connectivity index (χ2v) is 7.08. The molecule has 3 heteroatoms. The highest BCUT2D eigenvalue weighted by Gasteiger charge is 2.47. The van der Waals surface area contributed by atoms with Gasteiger partial charge in [0.05, 0.1) is 25.9 Å². The third-order valence-corrected chi connectivity index (χ3v) is 5.20. The highest BCUT2D eigenvalue weighted by molar-refractivity contribution is 5.13. The maximum Gasteiger partial charge on any atom is 0.168 e. The molecule has 1 saturated heterocycles. The lowest BCUT2D eigenvalue weighted by atomic mass is 9.82. The van der Waals surface area contributed by atoms with Crippen LogP contribution >= 0.6 is 0 Å². The first-order valence-corrected chi connectivity index (χ1v) is 8.73. The molecule has 2 fully saturated rings. The van der Waals surface area contributed by atoms with Gasteiger partial charge in [0.1, 0.15) is 0 Å². The second-order valence-electron chi connectivity index (χ2n) is 7.08. The summed E-state index contributed by atoms with van der Waals surface area (Å²) in [4.78, 5) is 0. The van der Waals surface area contributed by atoms with Gasteiger partial charge in [0.2, 0.25) is 0 Å². The molecule has 0 amide bonds. The fourth-order valence-corrected chi connectivity index (χ4v) is 3.43. The van der Waals surface area contributed by atoms with Gasteiger partial charge in [-0.3, -0.25) is 0 Å². The number of ether oxygens (including phenoxy) is 3. The predicted octanol–water partition coefficient (Wildman–Crippen LogP) is 4.47. The van der Waals surface area contributed by atoms with Crippen molar-refractivity contribution in [3.05, 3.63) is 48.6 Å². The Morgan fingerprint density at radius 3 is 2.65 bits per heavy atom. The van der Waals surface area contributed by atoms with Crippen LogP contribution in [0.4, 0.5) is 0 Å².